The zero-order valence-corrected chi connectivity index (χ0v) is 10.8. The molecule has 0 unspecified atom stereocenters. The van der Waals surface area contributed by atoms with Crippen LogP contribution in [0.3, 0.4) is 0 Å². The third-order valence-corrected chi connectivity index (χ3v) is 2.42. The van der Waals surface area contributed by atoms with Crippen molar-refractivity contribution in [3.8, 4) is 0 Å². The molecule has 0 spiro atoms. The topological polar surface area (TPSA) is 58.4 Å². The average molecular weight is 239 g/mol. The number of carbonyl (C=O) groups excluding carboxylic acids is 1. The van der Waals surface area contributed by atoms with Gasteiger partial charge >= 0.3 is 0 Å². The van der Waals surface area contributed by atoms with E-state index in [1.165, 1.54) is 0 Å². The van der Waals surface area contributed by atoms with Gasteiger partial charge in [-0.2, -0.15) is 0 Å². The molecule has 0 aliphatic heterocycles. The van der Waals surface area contributed by atoms with Gasteiger partial charge in [0.25, 0.3) is 0 Å². The van der Waals surface area contributed by atoms with Crippen molar-refractivity contribution in [1.29, 1.82) is 0 Å². The maximum absolute atomic E-state index is 11.7. The van der Waals surface area contributed by atoms with Gasteiger partial charge < -0.3 is 14.6 Å². The lowest BCUT2D eigenvalue weighted by molar-refractivity contribution is -0.132. The van der Waals surface area contributed by atoms with Gasteiger partial charge in [-0.1, -0.05) is 0 Å². The molecule has 1 heterocycles. The number of amides is 1. The van der Waals surface area contributed by atoms with Crippen LogP contribution in [0.4, 0.5) is 0 Å². The van der Waals surface area contributed by atoms with Crippen molar-refractivity contribution in [3.63, 3.8) is 0 Å². The van der Waals surface area contributed by atoms with Gasteiger partial charge in [-0.3, -0.25) is 4.79 Å². The number of hydrogen-bond acceptors (Lipinski definition) is 3. The van der Waals surface area contributed by atoms with Crippen LogP contribution in [0.2, 0.25) is 0 Å². The monoisotopic (exact) mass is 239 g/mol. The molecule has 0 aromatic carbocycles. The second kappa shape index (κ2) is 5.82. The fourth-order valence-corrected chi connectivity index (χ4v) is 1.69. The minimum Gasteiger partial charge on any atom is -0.389 e. The maximum atomic E-state index is 11.7. The standard InChI is InChI=1S/C12H21N3O2/c1-12(2,17)9-14(3)11(16)5-4-7-15-8-6-13-10-15/h6,8,10,17H,4-5,7,9H2,1-3H3. The van der Waals surface area contributed by atoms with Crippen molar-refractivity contribution in [3.05, 3.63) is 18.7 Å². The highest BCUT2D eigenvalue weighted by Crippen LogP contribution is 2.06. The Balaban J connectivity index is 2.25. The zero-order valence-electron chi connectivity index (χ0n) is 10.8. The number of aromatic nitrogens is 2. The zero-order chi connectivity index (χ0) is 12.9. The summed E-state index contributed by atoms with van der Waals surface area (Å²) in [6, 6.07) is 0. The quantitative estimate of drug-likeness (QED) is 0.802. The first-order chi connectivity index (χ1) is 7.88. The summed E-state index contributed by atoms with van der Waals surface area (Å²) in [5.41, 5.74) is -0.839. The van der Waals surface area contributed by atoms with Crippen LogP contribution in [-0.4, -0.2) is 44.7 Å². The van der Waals surface area contributed by atoms with E-state index in [-0.39, 0.29) is 5.91 Å². The van der Waals surface area contributed by atoms with Crippen LogP contribution < -0.4 is 0 Å². The van der Waals surface area contributed by atoms with E-state index in [1.807, 2.05) is 10.8 Å². The minimum atomic E-state index is -0.839. The normalized spacial score (nSPS) is 11.5. The lowest BCUT2D eigenvalue weighted by Crippen LogP contribution is -2.39. The molecule has 0 radical (unpaired) electrons. The fraction of sp³-hybridized carbons (Fsp3) is 0.667. The molecular formula is C12H21N3O2. The highest BCUT2D eigenvalue weighted by atomic mass is 16.3. The maximum Gasteiger partial charge on any atom is 0.222 e. The highest BCUT2D eigenvalue weighted by Gasteiger charge is 2.18. The molecule has 1 amide bonds. The molecular weight excluding hydrogens is 218 g/mol. The molecule has 1 rings (SSSR count). The molecule has 5 nitrogen and oxygen atoms in total. The van der Waals surface area contributed by atoms with Crippen molar-refractivity contribution >= 4 is 5.91 Å². The number of rotatable bonds is 6. The third-order valence-electron chi connectivity index (χ3n) is 2.42. The minimum absolute atomic E-state index is 0.0623. The van der Waals surface area contributed by atoms with Gasteiger partial charge in [0.1, 0.15) is 0 Å². The molecule has 1 aromatic rings. The van der Waals surface area contributed by atoms with Crippen LogP contribution in [0.1, 0.15) is 26.7 Å². The smallest absolute Gasteiger partial charge is 0.222 e. The average Bonchev–Trinajstić information content (AvgIpc) is 2.67. The molecule has 96 valence electrons. The molecule has 0 aliphatic carbocycles. The Hall–Kier alpha value is -1.36. The predicted octanol–water partition coefficient (Wildman–Crippen LogP) is 0.893. The molecule has 0 bridgehead atoms. The number of nitrogens with zero attached hydrogens (tertiary/aromatic N) is 3. The fourth-order valence-electron chi connectivity index (χ4n) is 1.69. The van der Waals surface area contributed by atoms with Crippen LogP contribution >= 0.6 is 0 Å². The van der Waals surface area contributed by atoms with Gasteiger partial charge in [-0.25, -0.2) is 4.98 Å². The van der Waals surface area contributed by atoms with Crippen molar-refractivity contribution < 1.29 is 9.90 Å². The number of aliphatic hydroxyl groups is 1. The van der Waals surface area contributed by atoms with Crippen molar-refractivity contribution in [1.82, 2.24) is 14.5 Å². The summed E-state index contributed by atoms with van der Waals surface area (Å²) in [5, 5.41) is 9.61. The first kappa shape index (κ1) is 13.7. The van der Waals surface area contributed by atoms with Gasteiger partial charge in [0.2, 0.25) is 5.91 Å². The molecule has 1 aromatic heterocycles. The molecule has 1 N–H and O–H groups in total. The first-order valence-corrected chi connectivity index (χ1v) is 5.80. The summed E-state index contributed by atoms with van der Waals surface area (Å²) in [6.07, 6.45) is 6.62. The van der Waals surface area contributed by atoms with Gasteiger partial charge in [0, 0.05) is 39.0 Å². The van der Waals surface area contributed by atoms with E-state index in [9.17, 15) is 9.90 Å². The van der Waals surface area contributed by atoms with Crippen LogP contribution in [0.25, 0.3) is 0 Å². The summed E-state index contributed by atoms with van der Waals surface area (Å²) in [4.78, 5) is 17.3. The Bertz CT molecular complexity index is 341. The Labute approximate surface area is 102 Å². The summed E-state index contributed by atoms with van der Waals surface area (Å²) >= 11 is 0. The first-order valence-electron chi connectivity index (χ1n) is 5.80. The van der Waals surface area contributed by atoms with E-state index in [0.29, 0.717) is 13.0 Å². The highest BCUT2D eigenvalue weighted by molar-refractivity contribution is 5.75. The molecule has 0 aliphatic rings. The number of imidazole rings is 1. The number of hydrogen-bond donors (Lipinski definition) is 1. The molecule has 5 heteroatoms. The second-order valence-electron chi connectivity index (χ2n) is 4.97. The summed E-state index contributed by atoms with van der Waals surface area (Å²) in [7, 11) is 1.72. The van der Waals surface area contributed by atoms with Crippen LogP contribution in [0.15, 0.2) is 18.7 Å². The van der Waals surface area contributed by atoms with Crippen LogP contribution in [0.5, 0.6) is 0 Å². The number of aryl methyl sites for hydroxylation is 1. The number of likely N-dealkylation sites (N-methyl/N-ethyl adjacent to an activating group) is 1. The van der Waals surface area contributed by atoms with E-state index < -0.39 is 5.60 Å². The Kier molecular flexibility index (Phi) is 4.69. The van der Waals surface area contributed by atoms with E-state index in [1.54, 1.807) is 38.3 Å². The SMILES string of the molecule is CN(CC(C)(C)O)C(=O)CCCn1ccnc1. The molecule has 0 saturated heterocycles. The van der Waals surface area contributed by atoms with Gasteiger partial charge in [-0.15, -0.1) is 0 Å². The molecule has 0 saturated carbocycles. The summed E-state index contributed by atoms with van der Waals surface area (Å²) in [6.45, 7) is 4.55. The van der Waals surface area contributed by atoms with Crippen molar-refractivity contribution in [2.75, 3.05) is 13.6 Å². The largest absolute Gasteiger partial charge is 0.389 e. The Morgan fingerprint density at radius 1 is 1.53 bits per heavy atom. The van der Waals surface area contributed by atoms with E-state index in [4.69, 9.17) is 0 Å². The molecule has 17 heavy (non-hydrogen) atoms. The van der Waals surface area contributed by atoms with Gasteiger partial charge in [0.05, 0.1) is 11.9 Å². The van der Waals surface area contributed by atoms with E-state index >= 15 is 0 Å². The molecule has 0 fully saturated rings. The molecule has 0 atom stereocenters. The summed E-state index contributed by atoms with van der Waals surface area (Å²) < 4.78 is 1.95. The Morgan fingerprint density at radius 2 is 2.24 bits per heavy atom. The van der Waals surface area contributed by atoms with Crippen molar-refractivity contribution in [2.24, 2.45) is 0 Å². The van der Waals surface area contributed by atoms with Crippen LogP contribution in [-0.2, 0) is 11.3 Å². The Morgan fingerprint density at radius 3 is 2.76 bits per heavy atom. The third kappa shape index (κ3) is 5.49. The lowest BCUT2D eigenvalue weighted by atomic mass is 10.1. The van der Waals surface area contributed by atoms with Gasteiger partial charge in [-0.05, 0) is 20.3 Å². The summed E-state index contributed by atoms with van der Waals surface area (Å²) in [5.74, 6) is 0.0623. The van der Waals surface area contributed by atoms with E-state index in [2.05, 4.69) is 4.98 Å². The lowest BCUT2D eigenvalue weighted by Gasteiger charge is -2.25. The van der Waals surface area contributed by atoms with Crippen molar-refractivity contribution in [2.45, 2.75) is 38.8 Å². The van der Waals surface area contributed by atoms with Crippen LogP contribution in [0, 0.1) is 0 Å². The predicted molar refractivity (Wildman–Crippen MR) is 65.4 cm³/mol. The second-order valence-corrected chi connectivity index (χ2v) is 4.97. The van der Waals surface area contributed by atoms with E-state index in [0.717, 1.165) is 13.0 Å². The van der Waals surface area contributed by atoms with Gasteiger partial charge in [0.15, 0.2) is 0 Å². The number of carbonyl (C=O) groups is 1.